The van der Waals surface area contributed by atoms with Crippen LogP contribution in [-0.2, 0) is 4.79 Å². The number of nitrogens with zero attached hydrogens (tertiary/aromatic N) is 1. The van der Waals surface area contributed by atoms with Gasteiger partial charge < -0.3 is 10.4 Å². The van der Waals surface area contributed by atoms with Crippen molar-refractivity contribution in [3.05, 3.63) is 42.5 Å². The van der Waals surface area contributed by atoms with Crippen LogP contribution in [0.2, 0.25) is 0 Å². The van der Waals surface area contributed by atoms with Gasteiger partial charge in [-0.1, -0.05) is 36.4 Å². The zero-order valence-corrected chi connectivity index (χ0v) is 14.1. The number of benzene rings is 2. The average molecular weight is 326 g/mol. The van der Waals surface area contributed by atoms with Crippen LogP contribution < -0.4 is 5.32 Å². The molecule has 0 aliphatic heterocycles. The third-order valence-electron chi connectivity index (χ3n) is 4.61. The molecule has 0 unspecified atom stereocenters. The van der Waals surface area contributed by atoms with E-state index in [0.717, 1.165) is 42.4 Å². The fourth-order valence-corrected chi connectivity index (χ4v) is 3.14. The second-order valence-corrected chi connectivity index (χ2v) is 6.52. The molecule has 0 aromatic heterocycles. The Kier molecular flexibility index (Phi) is 5.83. The fourth-order valence-electron chi connectivity index (χ4n) is 3.14. The lowest BCUT2D eigenvalue weighted by molar-refractivity contribution is -0.116. The lowest BCUT2D eigenvalue weighted by atomic mass is 10.1. The summed E-state index contributed by atoms with van der Waals surface area (Å²) in [5.74, 6) is 0.0687. The molecule has 128 valence electrons. The SMILES string of the molecule is O=C(CCN(CCCCO)C1CC1)Nc1cccc2ccccc12. The third-order valence-corrected chi connectivity index (χ3v) is 4.61. The lowest BCUT2D eigenvalue weighted by Gasteiger charge is -2.21. The molecule has 0 atom stereocenters. The minimum atomic E-state index is 0.0687. The van der Waals surface area contributed by atoms with E-state index in [1.165, 1.54) is 12.8 Å². The molecule has 0 radical (unpaired) electrons. The molecule has 2 N–H and O–H groups in total. The van der Waals surface area contributed by atoms with Crippen LogP contribution in [0.25, 0.3) is 10.8 Å². The van der Waals surface area contributed by atoms with Crippen LogP contribution in [0, 0.1) is 0 Å². The lowest BCUT2D eigenvalue weighted by Crippen LogP contribution is -2.31. The number of anilines is 1. The zero-order chi connectivity index (χ0) is 16.8. The highest BCUT2D eigenvalue weighted by atomic mass is 16.2. The van der Waals surface area contributed by atoms with Gasteiger partial charge in [-0.2, -0.15) is 0 Å². The molecular formula is C20H26N2O2. The highest BCUT2D eigenvalue weighted by Crippen LogP contribution is 2.27. The molecular weight excluding hydrogens is 300 g/mol. The molecule has 1 amide bonds. The molecule has 1 fully saturated rings. The number of carbonyl (C=O) groups excluding carboxylic acids is 1. The highest BCUT2D eigenvalue weighted by molar-refractivity contribution is 6.02. The minimum Gasteiger partial charge on any atom is -0.396 e. The summed E-state index contributed by atoms with van der Waals surface area (Å²) in [7, 11) is 0. The number of aliphatic hydroxyl groups excluding tert-OH is 1. The first-order valence-corrected chi connectivity index (χ1v) is 8.90. The molecule has 24 heavy (non-hydrogen) atoms. The van der Waals surface area contributed by atoms with E-state index < -0.39 is 0 Å². The standard InChI is InChI=1S/C20H26N2O2/c23-15-4-3-13-22(17-10-11-17)14-12-20(24)21-19-9-5-7-16-6-1-2-8-18(16)19/h1-2,5-9,17,23H,3-4,10-15H2,(H,21,24). The Labute approximate surface area is 143 Å². The van der Waals surface area contributed by atoms with Crippen LogP contribution >= 0.6 is 0 Å². The summed E-state index contributed by atoms with van der Waals surface area (Å²) in [5, 5.41) is 14.2. The Hall–Kier alpha value is -1.91. The third kappa shape index (κ3) is 4.56. The van der Waals surface area contributed by atoms with Gasteiger partial charge in [-0.25, -0.2) is 0 Å². The first-order chi connectivity index (χ1) is 11.8. The van der Waals surface area contributed by atoms with E-state index in [1.807, 2.05) is 30.3 Å². The van der Waals surface area contributed by atoms with Crippen LogP contribution in [-0.4, -0.2) is 41.7 Å². The maximum atomic E-state index is 12.4. The number of aliphatic hydroxyl groups is 1. The number of hydrogen-bond acceptors (Lipinski definition) is 3. The Bertz CT molecular complexity index is 677. The van der Waals surface area contributed by atoms with Gasteiger partial charge in [0.25, 0.3) is 0 Å². The van der Waals surface area contributed by atoms with E-state index in [2.05, 4.69) is 22.3 Å². The van der Waals surface area contributed by atoms with Gasteiger partial charge in [-0.05, 0) is 43.7 Å². The van der Waals surface area contributed by atoms with E-state index >= 15 is 0 Å². The van der Waals surface area contributed by atoms with Crippen molar-refractivity contribution in [2.75, 3.05) is 25.0 Å². The summed E-state index contributed by atoms with van der Waals surface area (Å²) in [6.45, 7) is 2.03. The molecule has 0 spiro atoms. The molecule has 1 aliphatic rings. The van der Waals surface area contributed by atoms with Crippen molar-refractivity contribution in [1.82, 2.24) is 4.90 Å². The van der Waals surface area contributed by atoms with Gasteiger partial charge in [0.2, 0.25) is 5.91 Å². The van der Waals surface area contributed by atoms with E-state index in [4.69, 9.17) is 5.11 Å². The van der Waals surface area contributed by atoms with Gasteiger partial charge in [0.1, 0.15) is 0 Å². The van der Waals surface area contributed by atoms with Crippen LogP contribution in [0.1, 0.15) is 32.1 Å². The summed E-state index contributed by atoms with van der Waals surface area (Å²) >= 11 is 0. The highest BCUT2D eigenvalue weighted by Gasteiger charge is 2.28. The van der Waals surface area contributed by atoms with E-state index in [-0.39, 0.29) is 12.5 Å². The van der Waals surface area contributed by atoms with Gasteiger partial charge >= 0.3 is 0 Å². The predicted octanol–water partition coefficient (Wildman–Crippen LogP) is 3.41. The van der Waals surface area contributed by atoms with Crippen LogP contribution in [0.4, 0.5) is 5.69 Å². The summed E-state index contributed by atoms with van der Waals surface area (Å²) in [4.78, 5) is 14.8. The van der Waals surface area contributed by atoms with Gasteiger partial charge in [0, 0.05) is 36.7 Å². The zero-order valence-electron chi connectivity index (χ0n) is 14.1. The summed E-state index contributed by atoms with van der Waals surface area (Å²) < 4.78 is 0. The molecule has 4 nitrogen and oxygen atoms in total. The number of nitrogens with one attached hydrogen (secondary N) is 1. The molecule has 2 aromatic carbocycles. The van der Waals surface area contributed by atoms with Crippen molar-refractivity contribution in [3.63, 3.8) is 0 Å². The normalized spacial score (nSPS) is 14.2. The molecule has 1 aliphatic carbocycles. The van der Waals surface area contributed by atoms with Crippen molar-refractivity contribution >= 4 is 22.4 Å². The van der Waals surface area contributed by atoms with E-state index in [1.54, 1.807) is 0 Å². The second-order valence-electron chi connectivity index (χ2n) is 6.52. The first kappa shape index (κ1) is 16.9. The molecule has 3 rings (SSSR count). The largest absolute Gasteiger partial charge is 0.396 e. The average Bonchev–Trinajstić information content (AvgIpc) is 3.43. The van der Waals surface area contributed by atoms with Gasteiger partial charge in [0.05, 0.1) is 0 Å². The molecule has 1 saturated carbocycles. The smallest absolute Gasteiger partial charge is 0.225 e. The number of fused-ring (bicyclic) bond motifs is 1. The van der Waals surface area contributed by atoms with Crippen molar-refractivity contribution in [2.24, 2.45) is 0 Å². The molecule has 0 saturated heterocycles. The van der Waals surface area contributed by atoms with Gasteiger partial charge in [-0.3, -0.25) is 9.69 Å². The fraction of sp³-hybridized carbons (Fsp3) is 0.450. The van der Waals surface area contributed by atoms with E-state index in [0.29, 0.717) is 12.5 Å². The van der Waals surface area contributed by atoms with Gasteiger partial charge in [0.15, 0.2) is 0 Å². The number of amides is 1. The van der Waals surface area contributed by atoms with Crippen molar-refractivity contribution in [2.45, 2.75) is 38.1 Å². The number of rotatable bonds is 9. The molecule has 0 heterocycles. The quantitative estimate of drug-likeness (QED) is 0.694. The number of hydrogen-bond donors (Lipinski definition) is 2. The minimum absolute atomic E-state index is 0.0687. The summed E-state index contributed by atoms with van der Waals surface area (Å²) in [6.07, 6.45) is 4.83. The Morgan fingerprint density at radius 2 is 1.88 bits per heavy atom. The monoisotopic (exact) mass is 326 g/mol. The van der Waals surface area contributed by atoms with Crippen molar-refractivity contribution < 1.29 is 9.90 Å². The van der Waals surface area contributed by atoms with Crippen LogP contribution in [0.3, 0.4) is 0 Å². The Morgan fingerprint density at radius 1 is 1.08 bits per heavy atom. The summed E-state index contributed by atoms with van der Waals surface area (Å²) in [5.41, 5.74) is 0.886. The van der Waals surface area contributed by atoms with Crippen LogP contribution in [0.5, 0.6) is 0 Å². The Morgan fingerprint density at radius 3 is 2.67 bits per heavy atom. The second kappa shape index (κ2) is 8.27. The van der Waals surface area contributed by atoms with Crippen LogP contribution in [0.15, 0.2) is 42.5 Å². The predicted molar refractivity (Wildman–Crippen MR) is 98.1 cm³/mol. The Balaban J connectivity index is 1.54. The molecule has 0 bridgehead atoms. The maximum Gasteiger partial charge on any atom is 0.225 e. The van der Waals surface area contributed by atoms with Crippen molar-refractivity contribution in [1.29, 1.82) is 0 Å². The topological polar surface area (TPSA) is 52.6 Å². The van der Waals surface area contributed by atoms with Crippen molar-refractivity contribution in [3.8, 4) is 0 Å². The number of carbonyl (C=O) groups is 1. The first-order valence-electron chi connectivity index (χ1n) is 8.90. The molecule has 4 heteroatoms. The summed E-state index contributed by atoms with van der Waals surface area (Å²) in [6, 6.07) is 14.7. The van der Waals surface area contributed by atoms with Gasteiger partial charge in [-0.15, -0.1) is 0 Å². The molecule has 2 aromatic rings. The maximum absolute atomic E-state index is 12.4. The van der Waals surface area contributed by atoms with E-state index in [9.17, 15) is 4.79 Å². The number of unbranched alkanes of at least 4 members (excludes halogenated alkanes) is 1.